The number of hydrazine groups is 1. The first-order valence-electron chi connectivity index (χ1n) is 2.97. The van der Waals surface area contributed by atoms with E-state index in [4.69, 9.17) is 0 Å². The third-order valence-corrected chi connectivity index (χ3v) is 1.31. The van der Waals surface area contributed by atoms with Gasteiger partial charge in [0.15, 0.2) is 5.82 Å². The molecular formula is C6H6N4. The second kappa shape index (κ2) is 1.98. The summed E-state index contributed by atoms with van der Waals surface area (Å²) in [6.07, 6.45) is 7.85. The van der Waals surface area contributed by atoms with E-state index in [0.717, 1.165) is 11.4 Å². The number of rotatable bonds is 0. The van der Waals surface area contributed by atoms with Crippen LogP contribution in [-0.2, 0) is 0 Å². The minimum atomic E-state index is 0.769. The van der Waals surface area contributed by atoms with Gasteiger partial charge in [0.2, 0.25) is 0 Å². The normalized spacial score (nSPS) is 20.0. The zero-order valence-corrected chi connectivity index (χ0v) is 5.20. The lowest BCUT2D eigenvalue weighted by atomic mass is 10.3. The molecule has 0 radical (unpaired) electrons. The zero-order valence-electron chi connectivity index (χ0n) is 5.20. The fraction of sp³-hybridized carbons (Fsp3) is 0. The van der Waals surface area contributed by atoms with Gasteiger partial charge in [-0.25, -0.2) is 5.53 Å². The second-order valence-electron chi connectivity index (χ2n) is 1.96. The average molecular weight is 134 g/mol. The molecule has 2 N–H and O–H groups in total. The van der Waals surface area contributed by atoms with E-state index in [1.54, 1.807) is 0 Å². The molecule has 0 saturated heterocycles. The Labute approximate surface area is 58.0 Å². The maximum atomic E-state index is 3.80. The van der Waals surface area contributed by atoms with Gasteiger partial charge in [0.1, 0.15) is 0 Å². The maximum Gasteiger partial charge on any atom is 0.177 e. The summed E-state index contributed by atoms with van der Waals surface area (Å²) in [6.45, 7) is 0. The van der Waals surface area contributed by atoms with E-state index in [2.05, 4.69) is 21.3 Å². The van der Waals surface area contributed by atoms with Crippen LogP contribution in [0.15, 0.2) is 46.0 Å². The van der Waals surface area contributed by atoms with Gasteiger partial charge < -0.3 is 0 Å². The van der Waals surface area contributed by atoms with Crippen LogP contribution in [0.4, 0.5) is 0 Å². The van der Waals surface area contributed by atoms with Gasteiger partial charge in [-0.05, 0) is 0 Å². The van der Waals surface area contributed by atoms with Crippen LogP contribution in [0.25, 0.3) is 0 Å². The second-order valence-corrected chi connectivity index (χ2v) is 1.96. The number of hydrogen-bond acceptors (Lipinski definition) is 4. The molecule has 0 spiro atoms. The molecule has 0 amide bonds. The first kappa shape index (κ1) is 5.22. The summed E-state index contributed by atoms with van der Waals surface area (Å²) in [5.74, 6) is 0.769. The molecule has 0 aromatic rings. The monoisotopic (exact) mass is 134 g/mol. The smallest absolute Gasteiger partial charge is 0.177 e. The summed E-state index contributed by atoms with van der Waals surface area (Å²) in [7, 11) is 0. The Hall–Kier alpha value is -1.58. The molecule has 0 unspecified atom stereocenters. The molecule has 1 heterocycles. The number of nitrogens with one attached hydrogen (secondary N) is 2. The van der Waals surface area contributed by atoms with E-state index < -0.39 is 0 Å². The summed E-state index contributed by atoms with van der Waals surface area (Å²) < 4.78 is 0. The lowest BCUT2D eigenvalue weighted by Gasteiger charge is -1.94. The summed E-state index contributed by atoms with van der Waals surface area (Å²) in [6, 6.07) is 0. The minimum Gasteiger partial charge on any atom is -0.265 e. The summed E-state index contributed by atoms with van der Waals surface area (Å²) in [4.78, 5) is 0. The van der Waals surface area contributed by atoms with Crippen molar-refractivity contribution < 1.29 is 0 Å². The summed E-state index contributed by atoms with van der Waals surface area (Å²) in [5.41, 5.74) is 6.37. The van der Waals surface area contributed by atoms with Crippen molar-refractivity contribution in [3.63, 3.8) is 0 Å². The van der Waals surface area contributed by atoms with E-state index in [1.165, 1.54) is 0 Å². The number of nitrogens with zero attached hydrogens (tertiary/aromatic N) is 2. The molecule has 10 heavy (non-hydrogen) atoms. The molecule has 4 nitrogen and oxygen atoms in total. The van der Waals surface area contributed by atoms with Crippen LogP contribution < -0.4 is 11.0 Å². The topological polar surface area (TPSA) is 48.8 Å². The summed E-state index contributed by atoms with van der Waals surface area (Å²) >= 11 is 0. The SMILES string of the molecule is C1=CC(=C2N=NNN2)C=C1. The van der Waals surface area contributed by atoms with Crippen molar-refractivity contribution in [3.05, 3.63) is 35.7 Å². The van der Waals surface area contributed by atoms with Crippen LogP contribution in [0.5, 0.6) is 0 Å². The van der Waals surface area contributed by atoms with Crippen molar-refractivity contribution in [3.8, 4) is 0 Å². The molecule has 1 aliphatic heterocycles. The maximum absolute atomic E-state index is 3.80. The molecular weight excluding hydrogens is 128 g/mol. The molecule has 1 aliphatic carbocycles. The van der Waals surface area contributed by atoms with Gasteiger partial charge >= 0.3 is 0 Å². The lowest BCUT2D eigenvalue weighted by molar-refractivity contribution is 0.687. The van der Waals surface area contributed by atoms with Crippen molar-refractivity contribution in [1.82, 2.24) is 11.0 Å². The van der Waals surface area contributed by atoms with E-state index >= 15 is 0 Å². The van der Waals surface area contributed by atoms with Crippen molar-refractivity contribution >= 4 is 0 Å². The highest BCUT2D eigenvalue weighted by Gasteiger charge is 2.05. The Morgan fingerprint density at radius 1 is 1.20 bits per heavy atom. The Kier molecular flexibility index (Phi) is 1.04. The largest absolute Gasteiger partial charge is 0.265 e. The van der Waals surface area contributed by atoms with Gasteiger partial charge in [-0.15, -0.1) is 5.11 Å². The van der Waals surface area contributed by atoms with Gasteiger partial charge in [-0.2, -0.15) is 0 Å². The van der Waals surface area contributed by atoms with Gasteiger partial charge in [0.25, 0.3) is 0 Å². The molecule has 2 aliphatic rings. The summed E-state index contributed by atoms with van der Waals surface area (Å²) in [5, 5.41) is 7.35. The number of hydrogen-bond donors (Lipinski definition) is 2. The lowest BCUT2D eigenvalue weighted by Crippen LogP contribution is -2.19. The number of allylic oxidation sites excluding steroid dienone is 5. The highest BCUT2D eigenvalue weighted by atomic mass is 15.7. The van der Waals surface area contributed by atoms with Crippen LogP contribution in [0, 0.1) is 0 Å². The van der Waals surface area contributed by atoms with Gasteiger partial charge in [0, 0.05) is 5.57 Å². The molecule has 0 aromatic heterocycles. The van der Waals surface area contributed by atoms with Crippen LogP contribution in [0.2, 0.25) is 0 Å². The highest BCUT2D eigenvalue weighted by molar-refractivity contribution is 5.42. The Morgan fingerprint density at radius 2 is 2.00 bits per heavy atom. The van der Waals surface area contributed by atoms with E-state index in [0.29, 0.717) is 0 Å². The third-order valence-electron chi connectivity index (χ3n) is 1.31. The standard InChI is InChI=1S/C6H6N4/c1-2-4-5(3-1)6-7-9-10-8-6/h1-4H,(H,7,10)(H,8,9). The predicted octanol–water partition coefficient (Wildman–Crippen LogP) is 0.799. The zero-order chi connectivity index (χ0) is 6.81. The average Bonchev–Trinajstić information content (AvgIpc) is 2.59. The third kappa shape index (κ3) is 0.699. The fourth-order valence-corrected chi connectivity index (χ4v) is 0.840. The van der Waals surface area contributed by atoms with Crippen LogP contribution in [-0.4, -0.2) is 0 Å². The van der Waals surface area contributed by atoms with Crippen LogP contribution >= 0.6 is 0 Å². The Morgan fingerprint density at radius 3 is 2.60 bits per heavy atom. The van der Waals surface area contributed by atoms with Crippen LogP contribution in [0.1, 0.15) is 0 Å². The Bertz CT molecular complexity index is 245. The predicted molar refractivity (Wildman–Crippen MR) is 36.4 cm³/mol. The molecule has 0 aromatic carbocycles. The van der Waals surface area contributed by atoms with Crippen molar-refractivity contribution in [2.24, 2.45) is 10.3 Å². The highest BCUT2D eigenvalue weighted by Crippen LogP contribution is 2.13. The first-order valence-corrected chi connectivity index (χ1v) is 2.97. The fourth-order valence-electron chi connectivity index (χ4n) is 0.840. The molecule has 0 fully saturated rings. The first-order chi connectivity index (χ1) is 4.97. The van der Waals surface area contributed by atoms with Gasteiger partial charge in [0.05, 0.1) is 0 Å². The molecule has 0 bridgehead atoms. The van der Waals surface area contributed by atoms with E-state index in [9.17, 15) is 0 Å². The van der Waals surface area contributed by atoms with Gasteiger partial charge in [-0.3, -0.25) is 5.43 Å². The Balaban J connectivity index is 2.36. The van der Waals surface area contributed by atoms with Crippen molar-refractivity contribution in [2.45, 2.75) is 0 Å². The molecule has 0 atom stereocenters. The molecule has 2 rings (SSSR count). The van der Waals surface area contributed by atoms with Crippen molar-refractivity contribution in [2.75, 3.05) is 0 Å². The van der Waals surface area contributed by atoms with E-state index in [-0.39, 0.29) is 0 Å². The molecule has 50 valence electrons. The van der Waals surface area contributed by atoms with Crippen LogP contribution in [0.3, 0.4) is 0 Å². The van der Waals surface area contributed by atoms with Gasteiger partial charge in [-0.1, -0.05) is 29.5 Å². The van der Waals surface area contributed by atoms with E-state index in [1.807, 2.05) is 24.3 Å². The molecule has 0 saturated carbocycles. The quantitative estimate of drug-likeness (QED) is 0.514. The van der Waals surface area contributed by atoms with Crippen molar-refractivity contribution in [1.29, 1.82) is 0 Å². The molecule has 4 heteroatoms. The minimum absolute atomic E-state index is 0.769.